The zero-order valence-corrected chi connectivity index (χ0v) is 26.3. The maximum absolute atomic E-state index is 14.0. The van der Waals surface area contributed by atoms with E-state index in [0.29, 0.717) is 42.0 Å². The second-order valence-electron chi connectivity index (χ2n) is 9.04. The Bertz CT molecular complexity index is 1870. The van der Waals surface area contributed by atoms with Crippen molar-refractivity contribution in [1.29, 1.82) is 0 Å². The lowest BCUT2D eigenvalue weighted by molar-refractivity contribution is -0.139. The number of nitrogens with zero attached hydrogens (tertiary/aromatic N) is 2. The van der Waals surface area contributed by atoms with Crippen molar-refractivity contribution in [2.45, 2.75) is 26.5 Å². The molecule has 5 rings (SSSR count). The first-order valence-corrected chi connectivity index (χ1v) is 15.1. The minimum Gasteiger partial charge on any atom is -0.487 e. The molecular weight excluding hydrogens is 701 g/mol. The van der Waals surface area contributed by atoms with Gasteiger partial charge in [-0.1, -0.05) is 64.9 Å². The molecule has 1 aliphatic rings. The first kappa shape index (κ1) is 29.5. The van der Waals surface area contributed by atoms with Gasteiger partial charge in [-0.15, -0.1) is 0 Å². The van der Waals surface area contributed by atoms with E-state index in [9.17, 15) is 14.0 Å². The third kappa shape index (κ3) is 6.13. The number of hydrogen-bond acceptors (Lipinski definition) is 6. The summed E-state index contributed by atoms with van der Waals surface area (Å²) < 4.78 is 27.4. The van der Waals surface area contributed by atoms with Crippen LogP contribution in [0.25, 0.3) is 6.08 Å². The van der Waals surface area contributed by atoms with E-state index in [-0.39, 0.29) is 30.2 Å². The molecule has 0 radical (unpaired) electrons. The molecule has 1 atom stereocenters. The fourth-order valence-electron chi connectivity index (χ4n) is 4.50. The number of thiazole rings is 1. The van der Waals surface area contributed by atoms with Crippen LogP contribution in [0.3, 0.4) is 0 Å². The van der Waals surface area contributed by atoms with E-state index >= 15 is 0 Å². The van der Waals surface area contributed by atoms with E-state index < -0.39 is 12.0 Å². The number of allylic oxidation sites excluding steroid dienone is 1. The summed E-state index contributed by atoms with van der Waals surface area (Å²) in [4.78, 5) is 32.1. The van der Waals surface area contributed by atoms with E-state index in [1.807, 2.05) is 0 Å². The van der Waals surface area contributed by atoms with Gasteiger partial charge in [0.05, 0.1) is 26.0 Å². The van der Waals surface area contributed by atoms with Crippen molar-refractivity contribution in [2.75, 3.05) is 6.61 Å². The molecule has 3 aromatic carbocycles. The normalized spacial score (nSPS) is 15.0. The number of carbonyl (C=O) groups is 1. The van der Waals surface area contributed by atoms with Crippen molar-refractivity contribution in [3.8, 4) is 5.75 Å². The van der Waals surface area contributed by atoms with Crippen LogP contribution >= 0.6 is 57.1 Å². The summed E-state index contributed by atoms with van der Waals surface area (Å²) >= 11 is 16.3. The highest BCUT2D eigenvalue weighted by molar-refractivity contribution is 14.1. The van der Waals surface area contributed by atoms with Crippen LogP contribution in [0.5, 0.6) is 5.75 Å². The monoisotopic (exact) mass is 722 g/mol. The van der Waals surface area contributed by atoms with Gasteiger partial charge in [-0.2, -0.15) is 0 Å². The zero-order chi connectivity index (χ0) is 29.3. The Labute approximate surface area is 262 Å². The minimum atomic E-state index is -0.824. The maximum atomic E-state index is 14.0. The Morgan fingerprint density at radius 1 is 1.17 bits per heavy atom. The number of aromatic nitrogens is 1. The van der Waals surface area contributed by atoms with Crippen LogP contribution in [0.4, 0.5) is 4.39 Å². The van der Waals surface area contributed by atoms with Gasteiger partial charge in [-0.05, 0) is 84.0 Å². The molecule has 210 valence electrons. The molecule has 0 bridgehead atoms. The van der Waals surface area contributed by atoms with Crippen LogP contribution in [-0.4, -0.2) is 17.1 Å². The van der Waals surface area contributed by atoms with Crippen LogP contribution < -0.4 is 19.6 Å². The largest absolute Gasteiger partial charge is 0.487 e. The van der Waals surface area contributed by atoms with E-state index in [4.69, 9.17) is 32.7 Å². The number of benzene rings is 3. The van der Waals surface area contributed by atoms with Crippen molar-refractivity contribution in [1.82, 2.24) is 4.57 Å². The molecule has 0 saturated heterocycles. The Morgan fingerprint density at radius 2 is 1.90 bits per heavy atom. The van der Waals surface area contributed by atoms with Gasteiger partial charge in [-0.25, -0.2) is 14.2 Å². The summed E-state index contributed by atoms with van der Waals surface area (Å²) in [6.07, 6.45) is 1.70. The molecule has 0 unspecified atom stereocenters. The standard InChI is InChI=1S/C30H22Cl2FIN2O4S/c1-3-39-29(38)25-16(2)35-30-36(26(25)21-6-4-5-7-22(21)32)28(37)24(41-30)13-18-12-19(31)14-23(34)27(18)40-15-17-8-10-20(33)11-9-17/h4-14,26H,3,15H2,1-2H3/b24-13-/t26-/m0/s1. The molecular formula is C30H22Cl2FIN2O4S. The lowest BCUT2D eigenvalue weighted by Gasteiger charge is -2.25. The van der Waals surface area contributed by atoms with Gasteiger partial charge in [0.15, 0.2) is 4.80 Å². The molecule has 0 aliphatic carbocycles. The lowest BCUT2D eigenvalue weighted by Crippen LogP contribution is -2.40. The predicted octanol–water partition coefficient (Wildman–Crippen LogP) is 6.43. The van der Waals surface area contributed by atoms with Crippen LogP contribution in [0.15, 0.2) is 81.7 Å². The molecule has 0 N–H and O–H groups in total. The number of ether oxygens (including phenoxy) is 2. The molecule has 0 fully saturated rings. The van der Waals surface area contributed by atoms with Crippen molar-refractivity contribution >= 4 is 69.2 Å². The topological polar surface area (TPSA) is 69.9 Å². The molecule has 2 heterocycles. The van der Waals surface area contributed by atoms with Crippen molar-refractivity contribution < 1.29 is 18.7 Å². The highest BCUT2D eigenvalue weighted by Crippen LogP contribution is 2.35. The average molecular weight is 723 g/mol. The predicted molar refractivity (Wildman–Crippen MR) is 167 cm³/mol. The number of esters is 1. The number of halogens is 4. The molecule has 1 aliphatic heterocycles. The molecule has 4 aromatic rings. The van der Waals surface area contributed by atoms with Crippen molar-refractivity contribution in [3.63, 3.8) is 0 Å². The SMILES string of the molecule is CCOC(=O)C1=C(C)N=c2s/c(=C\c3cc(Cl)cc(I)c3OCc3ccc(F)cc3)c(=O)n2[C@H]1c1ccccc1Cl. The summed E-state index contributed by atoms with van der Waals surface area (Å²) in [5, 5.41) is 0.876. The van der Waals surface area contributed by atoms with Crippen LogP contribution in [0.2, 0.25) is 10.0 Å². The summed E-state index contributed by atoms with van der Waals surface area (Å²) in [7, 11) is 0. The lowest BCUT2D eigenvalue weighted by atomic mass is 9.96. The van der Waals surface area contributed by atoms with E-state index in [1.165, 1.54) is 28.0 Å². The highest BCUT2D eigenvalue weighted by atomic mass is 127. The second kappa shape index (κ2) is 12.5. The Morgan fingerprint density at radius 3 is 2.61 bits per heavy atom. The van der Waals surface area contributed by atoms with Gasteiger partial charge in [0.1, 0.15) is 24.2 Å². The van der Waals surface area contributed by atoms with Gasteiger partial charge < -0.3 is 9.47 Å². The first-order chi connectivity index (χ1) is 19.7. The Kier molecular flexibility index (Phi) is 8.98. The Hall–Kier alpha value is -2.99. The Balaban J connectivity index is 1.65. The van der Waals surface area contributed by atoms with E-state index in [1.54, 1.807) is 68.5 Å². The third-order valence-corrected chi connectivity index (χ3v) is 8.68. The van der Waals surface area contributed by atoms with Gasteiger partial charge in [0, 0.05) is 15.6 Å². The number of hydrogen-bond donors (Lipinski definition) is 0. The van der Waals surface area contributed by atoms with Crippen molar-refractivity contribution in [2.24, 2.45) is 4.99 Å². The third-order valence-electron chi connectivity index (χ3n) is 6.34. The van der Waals surface area contributed by atoms with Crippen molar-refractivity contribution in [3.05, 3.63) is 128 Å². The van der Waals surface area contributed by atoms with Gasteiger partial charge in [0.25, 0.3) is 5.56 Å². The summed E-state index contributed by atoms with van der Waals surface area (Å²) in [5.74, 6) is -0.368. The van der Waals surface area contributed by atoms with E-state index in [2.05, 4.69) is 27.6 Å². The molecule has 0 spiro atoms. The highest BCUT2D eigenvalue weighted by Gasteiger charge is 2.34. The molecule has 1 aromatic heterocycles. The van der Waals surface area contributed by atoms with Gasteiger partial charge in [-0.3, -0.25) is 9.36 Å². The zero-order valence-electron chi connectivity index (χ0n) is 21.8. The number of rotatable bonds is 7. The van der Waals surface area contributed by atoms with Crippen LogP contribution in [0, 0.1) is 9.39 Å². The molecule has 0 saturated carbocycles. The first-order valence-electron chi connectivity index (χ1n) is 12.5. The number of carbonyl (C=O) groups excluding carboxylic acids is 1. The molecule has 11 heteroatoms. The van der Waals surface area contributed by atoms with Gasteiger partial charge in [0.2, 0.25) is 0 Å². The van der Waals surface area contributed by atoms with Crippen LogP contribution in [0.1, 0.15) is 36.6 Å². The fraction of sp³-hybridized carbons (Fsp3) is 0.167. The maximum Gasteiger partial charge on any atom is 0.338 e. The van der Waals surface area contributed by atoms with Gasteiger partial charge >= 0.3 is 5.97 Å². The van der Waals surface area contributed by atoms with Crippen LogP contribution in [-0.2, 0) is 16.1 Å². The minimum absolute atomic E-state index is 0.170. The summed E-state index contributed by atoms with van der Waals surface area (Å²) in [6.45, 7) is 3.79. The average Bonchev–Trinajstić information content (AvgIpc) is 3.23. The number of fused-ring (bicyclic) bond motifs is 1. The van der Waals surface area contributed by atoms with E-state index in [0.717, 1.165) is 9.13 Å². The molecule has 6 nitrogen and oxygen atoms in total. The smallest absolute Gasteiger partial charge is 0.338 e. The molecule has 0 amide bonds. The second-order valence-corrected chi connectivity index (χ2v) is 12.1. The summed E-state index contributed by atoms with van der Waals surface area (Å²) in [5.41, 5.74) is 2.29. The fourth-order valence-corrected chi connectivity index (χ4v) is 6.99. The summed E-state index contributed by atoms with van der Waals surface area (Å²) in [6, 6.07) is 15.8. The quantitative estimate of drug-likeness (QED) is 0.163. The molecule has 41 heavy (non-hydrogen) atoms.